The number of rotatable bonds is 3. The van der Waals surface area contributed by atoms with Crippen LogP contribution in [0.2, 0.25) is 0 Å². The molecule has 1 aromatic rings. The van der Waals surface area contributed by atoms with Crippen LogP contribution in [0.15, 0.2) is 18.2 Å². The zero-order valence-electron chi connectivity index (χ0n) is 12.3. The van der Waals surface area contributed by atoms with Crippen molar-refractivity contribution in [1.29, 1.82) is 0 Å². The molecule has 0 bridgehead atoms. The van der Waals surface area contributed by atoms with Gasteiger partial charge in [-0.05, 0) is 44.6 Å². The van der Waals surface area contributed by atoms with Crippen LogP contribution >= 0.6 is 15.9 Å². The van der Waals surface area contributed by atoms with E-state index in [-0.39, 0.29) is 0 Å². The molecule has 1 saturated heterocycles. The minimum Gasteiger partial charge on any atom is -0.371 e. The molecule has 1 fully saturated rings. The molecule has 0 radical (unpaired) electrons. The largest absolute Gasteiger partial charge is 0.418 e. The second-order valence-corrected chi connectivity index (χ2v) is 6.23. The van der Waals surface area contributed by atoms with Gasteiger partial charge in [0.1, 0.15) is 0 Å². The minimum absolute atomic E-state index is 0.310. The van der Waals surface area contributed by atoms with Crippen molar-refractivity contribution < 1.29 is 13.2 Å². The third-order valence-corrected chi connectivity index (χ3v) is 4.70. The van der Waals surface area contributed by atoms with Gasteiger partial charge < -0.3 is 9.80 Å². The van der Waals surface area contributed by atoms with Gasteiger partial charge in [-0.25, -0.2) is 0 Å². The van der Waals surface area contributed by atoms with Crippen molar-refractivity contribution in [3.8, 4) is 0 Å². The first-order chi connectivity index (χ1) is 9.82. The molecule has 118 valence electrons. The Hall–Kier alpha value is -0.750. The number of piperidine rings is 1. The van der Waals surface area contributed by atoms with Crippen LogP contribution in [0.1, 0.15) is 24.0 Å². The molecule has 2 nitrogen and oxygen atoms in total. The summed E-state index contributed by atoms with van der Waals surface area (Å²) in [6.45, 7) is 1.33. The van der Waals surface area contributed by atoms with Gasteiger partial charge in [0.25, 0.3) is 0 Å². The Morgan fingerprint density at radius 1 is 1.24 bits per heavy atom. The monoisotopic (exact) mass is 364 g/mol. The molecule has 0 aromatic heterocycles. The highest BCUT2D eigenvalue weighted by Crippen LogP contribution is 2.38. The van der Waals surface area contributed by atoms with Crippen LogP contribution in [0.25, 0.3) is 0 Å². The predicted octanol–water partition coefficient (Wildman–Crippen LogP) is 4.13. The van der Waals surface area contributed by atoms with Gasteiger partial charge in [0.05, 0.1) is 5.56 Å². The Morgan fingerprint density at radius 3 is 2.33 bits per heavy atom. The maximum Gasteiger partial charge on any atom is 0.418 e. The topological polar surface area (TPSA) is 6.48 Å². The molecule has 0 spiro atoms. The molecule has 21 heavy (non-hydrogen) atoms. The van der Waals surface area contributed by atoms with Gasteiger partial charge >= 0.3 is 6.18 Å². The lowest BCUT2D eigenvalue weighted by Crippen LogP contribution is -2.42. The standard InChI is InChI=1S/C15H20BrF3N2/c1-20(2)12-5-7-21(8-6-12)14-4-3-11(10-16)9-13(14)15(17,18)19/h3-4,9,12H,5-8,10H2,1-2H3. The molecule has 0 saturated carbocycles. The summed E-state index contributed by atoms with van der Waals surface area (Å²) in [5.74, 6) is 0. The second kappa shape index (κ2) is 6.57. The molecular weight excluding hydrogens is 345 g/mol. The summed E-state index contributed by atoms with van der Waals surface area (Å²) in [7, 11) is 4.04. The molecule has 0 aliphatic carbocycles. The first-order valence-corrected chi connectivity index (χ1v) is 8.12. The van der Waals surface area contributed by atoms with E-state index in [4.69, 9.17) is 0 Å². The maximum atomic E-state index is 13.3. The Morgan fingerprint density at radius 2 is 1.86 bits per heavy atom. The molecular formula is C15H20BrF3N2. The van der Waals surface area contributed by atoms with Gasteiger partial charge in [-0.3, -0.25) is 0 Å². The average Bonchev–Trinajstić information content (AvgIpc) is 2.46. The molecule has 2 rings (SSSR count). The number of benzene rings is 1. The van der Waals surface area contributed by atoms with Gasteiger partial charge in [-0.1, -0.05) is 22.0 Å². The Bertz CT molecular complexity index is 480. The number of anilines is 1. The first kappa shape index (κ1) is 16.6. The van der Waals surface area contributed by atoms with Crippen LogP contribution in [-0.4, -0.2) is 38.1 Å². The Balaban J connectivity index is 2.24. The fourth-order valence-corrected chi connectivity index (χ4v) is 3.14. The van der Waals surface area contributed by atoms with Crippen molar-refractivity contribution in [3.05, 3.63) is 29.3 Å². The number of hydrogen-bond donors (Lipinski definition) is 0. The van der Waals surface area contributed by atoms with Gasteiger partial charge in [-0.15, -0.1) is 0 Å². The summed E-state index contributed by atoms with van der Waals surface area (Å²) in [5, 5.41) is 0.430. The number of hydrogen-bond acceptors (Lipinski definition) is 2. The molecule has 0 N–H and O–H groups in total. The quantitative estimate of drug-likeness (QED) is 0.744. The summed E-state index contributed by atoms with van der Waals surface area (Å²) < 4.78 is 39.8. The van der Waals surface area contributed by atoms with Crippen molar-refractivity contribution >= 4 is 21.6 Å². The van der Waals surface area contributed by atoms with E-state index in [1.165, 1.54) is 6.07 Å². The summed E-state index contributed by atoms with van der Waals surface area (Å²) >= 11 is 3.22. The number of halogens is 4. The summed E-state index contributed by atoms with van der Waals surface area (Å²) in [6, 6.07) is 5.08. The van der Waals surface area contributed by atoms with Crippen molar-refractivity contribution in [1.82, 2.24) is 4.90 Å². The molecule has 1 aromatic carbocycles. The first-order valence-electron chi connectivity index (χ1n) is 7.00. The minimum atomic E-state index is -4.31. The molecule has 6 heteroatoms. The van der Waals surface area contributed by atoms with Crippen molar-refractivity contribution in [2.75, 3.05) is 32.1 Å². The smallest absolute Gasteiger partial charge is 0.371 e. The van der Waals surface area contributed by atoms with E-state index in [2.05, 4.69) is 20.8 Å². The van der Waals surface area contributed by atoms with Crippen LogP contribution in [0, 0.1) is 0 Å². The van der Waals surface area contributed by atoms with E-state index in [1.54, 1.807) is 12.1 Å². The summed E-state index contributed by atoms with van der Waals surface area (Å²) in [6.07, 6.45) is -2.53. The SMILES string of the molecule is CN(C)C1CCN(c2ccc(CBr)cc2C(F)(F)F)CC1. The third-order valence-electron chi connectivity index (χ3n) is 4.06. The van der Waals surface area contributed by atoms with E-state index < -0.39 is 11.7 Å². The van der Waals surface area contributed by atoms with Gasteiger partial charge in [0.2, 0.25) is 0 Å². The Labute approximate surface area is 132 Å². The predicted molar refractivity (Wildman–Crippen MR) is 83.0 cm³/mol. The van der Waals surface area contributed by atoms with E-state index in [9.17, 15) is 13.2 Å². The van der Waals surface area contributed by atoms with Gasteiger partial charge in [0.15, 0.2) is 0 Å². The normalized spacial score (nSPS) is 17.6. The summed E-state index contributed by atoms with van der Waals surface area (Å²) in [4.78, 5) is 4.01. The van der Waals surface area contributed by atoms with E-state index in [1.807, 2.05) is 19.0 Å². The van der Waals surface area contributed by atoms with Crippen LogP contribution in [0.5, 0.6) is 0 Å². The third kappa shape index (κ3) is 3.92. The van der Waals surface area contributed by atoms with Crippen LogP contribution in [0.4, 0.5) is 18.9 Å². The molecule has 0 atom stereocenters. The molecule has 1 heterocycles. The highest BCUT2D eigenvalue weighted by Gasteiger charge is 2.36. The fourth-order valence-electron chi connectivity index (χ4n) is 2.79. The highest BCUT2D eigenvalue weighted by molar-refractivity contribution is 9.08. The van der Waals surface area contributed by atoms with Crippen molar-refractivity contribution in [2.24, 2.45) is 0 Å². The number of nitrogens with zero attached hydrogens (tertiary/aromatic N) is 2. The zero-order chi connectivity index (χ0) is 15.6. The second-order valence-electron chi connectivity index (χ2n) is 5.66. The number of alkyl halides is 4. The van der Waals surface area contributed by atoms with Crippen molar-refractivity contribution in [3.63, 3.8) is 0 Å². The average molecular weight is 365 g/mol. The van der Waals surface area contributed by atoms with Crippen LogP contribution in [0.3, 0.4) is 0 Å². The van der Waals surface area contributed by atoms with Crippen LogP contribution in [-0.2, 0) is 11.5 Å². The van der Waals surface area contributed by atoms with Crippen LogP contribution < -0.4 is 4.90 Å². The lowest BCUT2D eigenvalue weighted by atomic mass is 10.0. The van der Waals surface area contributed by atoms with Crippen molar-refractivity contribution in [2.45, 2.75) is 30.4 Å². The molecule has 1 aliphatic rings. The van der Waals surface area contributed by atoms with E-state index >= 15 is 0 Å². The lowest BCUT2D eigenvalue weighted by molar-refractivity contribution is -0.137. The van der Waals surface area contributed by atoms with E-state index in [0.29, 0.717) is 35.7 Å². The molecule has 0 unspecified atom stereocenters. The maximum absolute atomic E-state index is 13.3. The van der Waals surface area contributed by atoms with E-state index in [0.717, 1.165) is 12.8 Å². The molecule has 1 aliphatic heterocycles. The van der Waals surface area contributed by atoms with Gasteiger partial charge in [-0.2, -0.15) is 13.2 Å². The molecule has 0 amide bonds. The zero-order valence-corrected chi connectivity index (χ0v) is 13.8. The highest BCUT2D eigenvalue weighted by atomic mass is 79.9. The fraction of sp³-hybridized carbons (Fsp3) is 0.600. The summed E-state index contributed by atoms with van der Waals surface area (Å²) in [5.41, 5.74) is 0.432. The Kier molecular flexibility index (Phi) is 5.20. The van der Waals surface area contributed by atoms with Gasteiger partial charge in [0, 0.05) is 30.1 Å². The lowest BCUT2D eigenvalue weighted by Gasteiger charge is -2.37.